The van der Waals surface area contributed by atoms with Gasteiger partial charge < -0.3 is 4.74 Å². The van der Waals surface area contributed by atoms with Gasteiger partial charge in [0.15, 0.2) is 5.78 Å². The first-order chi connectivity index (χ1) is 4.69. The van der Waals surface area contributed by atoms with Gasteiger partial charge in [0, 0.05) is 13.5 Å². The molecule has 0 heterocycles. The molecule has 0 spiro atoms. The smallest absolute Gasteiger partial charge is 0.164 e. The van der Waals surface area contributed by atoms with Crippen LogP contribution in [0.1, 0.15) is 32.6 Å². The van der Waals surface area contributed by atoms with Crippen LogP contribution in [0.25, 0.3) is 0 Å². The Morgan fingerprint density at radius 1 is 1.50 bits per heavy atom. The van der Waals surface area contributed by atoms with Gasteiger partial charge in [0.2, 0.25) is 0 Å². The van der Waals surface area contributed by atoms with E-state index in [1.165, 1.54) is 0 Å². The molecule has 0 bridgehead atoms. The minimum absolute atomic E-state index is 0.265. The molecule has 2 nitrogen and oxygen atoms in total. The molecule has 1 rings (SSSR count). The number of hydrogen-bond acceptors (Lipinski definition) is 2. The van der Waals surface area contributed by atoms with Crippen molar-refractivity contribution in [1.29, 1.82) is 0 Å². The number of ether oxygens (including phenoxy) is 1. The number of carbonyl (C=O) groups is 1. The molecule has 0 aromatic carbocycles. The van der Waals surface area contributed by atoms with Gasteiger partial charge in [0.25, 0.3) is 0 Å². The lowest BCUT2D eigenvalue weighted by molar-refractivity contribution is -0.142. The van der Waals surface area contributed by atoms with Crippen LogP contribution >= 0.6 is 0 Å². The highest BCUT2D eigenvalue weighted by atomic mass is 16.5. The first kappa shape index (κ1) is 7.73. The molecule has 0 aliphatic heterocycles. The Morgan fingerprint density at radius 2 is 2.20 bits per heavy atom. The monoisotopic (exact) mass is 142 g/mol. The van der Waals surface area contributed by atoms with Gasteiger partial charge in [-0.15, -0.1) is 0 Å². The Labute approximate surface area is 61.6 Å². The van der Waals surface area contributed by atoms with E-state index in [2.05, 4.69) is 0 Å². The van der Waals surface area contributed by atoms with E-state index in [0.717, 1.165) is 19.3 Å². The van der Waals surface area contributed by atoms with Crippen LogP contribution in [0.3, 0.4) is 0 Å². The summed E-state index contributed by atoms with van der Waals surface area (Å²) in [4.78, 5) is 11.2. The van der Waals surface area contributed by atoms with E-state index in [4.69, 9.17) is 4.74 Å². The molecule has 58 valence electrons. The molecule has 0 saturated heterocycles. The van der Waals surface area contributed by atoms with E-state index in [1.807, 2.05) is 6.92 Å². The van der Waals surface area contributed by atoms with Crippen LogP contribution in [0.5, 0.6) is 0 Å². The van der Waals surface area contributed by atoms with E-state index in [-0.39, 0.29) is 5.78 Å². The summed E-state index contributed by atoms with van der Waals surface area (Å²) < 4.78 is 5.14. The van der Waals surface area contributed by atoms with Gasteiger partial charge in [-0.3, -0.25) is 4.79 Å². The van der Waals surface area contributed by atoms with E-state index in [0.29, 0.717) is 6.42 Å². The molecule has 2 heteroatoms. The third-order valence-electron chi connectivity index (χ3n) is 2.35. The number of rotatable bonds is 1. The quantitative estimate of drug-likeness (QED) is 0.555. The Bertz CT molecular complexity index is 142. The molecule has 0 N–H and O–H groups in total. The third-order valence-corrected chi connectivity index (χ3v) is 2.35. The Hall–Kier alpha value is -0.370. The molecular formula is C8H14O2. The van der Waals surface area contributed by atoms with E-state index >= 15 is 0 Å². The van der Waals surface area contributed by atoms with Crippen molar-refractivity contribution >= 4 is 5.78 Å². The topological polar surface area (TPSA) is 26.3 Å². The predicted molar refractivity (Wildman–Crippen MR) is 38.9 cm³/mol. The summed E-state index contributed by atoms with van der Waals surface area (Å²) in [6, 6.07) is 0. The van der Waals surface area contributed by atoms with Crippen LogP contribution in [0.2, 0.25) is 0 Å². The van der Waals surface area contributed by atoms with E-state index in [9.17, 15) is 4.79 Å². The van der Waals surface area contributed by atoms with Crippen molar-refractivity contribution in [1.82, 2.24) is 0 Å². The fourth-order valence-electron chi connectivity index (χ4n) is 1.37. The lowest BCUT2D eigenvalue weighted by atomic mass is 9.85. The first-order valence-electron chi connectivity index (χ1n) is 3.77. The molecule has 0 radical (unpaired) electrons. The second-order valence-electron chi connectivity index (χ2n) is 3.07. The zero-order valence-corrected chi connectivity index (χ0v) is 6.64. The van der Waals surface area contributed by atoms with Crippen molar-refractivity contribution in [3.8, 4) is 0 Å². The maximum atomic E-state index is 11.2. The van der Waals surface area contributed by atoms with Crippen molar-refractivity contribution in [3.63, 3.8) is 0 Å². The molecule has 0 amide bonds. The molecule has 1 aliphatic carbocycles. The minimum atomic E-state index is -0.460. The third kappa shape index (κ3) is 1.21. The van der Waals surface area contributed by atoms with Crippen molar-refractivity contribution in [2.45, 2.75) is 38.2 Å². The molecular weight excluding hydrogens is 128 g/mol. The Morgan fingerprint density at radius 3 is 2.60 bits per heavy atom. The number of hydrogen-bond donors (Lipinski definition) is 0. The normalized spacial score (nSPS) is 34.4. The average molecular weight is 142 g/mol. The highest BCUT2D eigenvalue weighted by Crippen LogP contribution is 2.26. The fraction of sp³-hybridized carbons (Fsp3) is 0.875. The van der Waals surface area contributed by atoms with Gasteiger partial charge in [-0.1, -0.05) is 0 Å². The molecule has 1 unspecified atom stereocenters. The van der Waals surface area contributed by atoms with Gasteiger partial charge in [-0.2, -0.15) is 0 Å². The van der Waals surface area contributed by atoms with E-state index < -0.39 is 5.60 Å². The molecule has 0 aromatic heterocycles. The second kappa shape index (κ2) is 2.70. The number of ketones is 1. The Kier molecular flexibility index (Phi) is 2.09. The van der Waals surface area contributed by atoms with Gasteiger partial charge in [-0.05, 0) is 26.2 Å². The molecule has 1 fully saturated rings. The zero-order chi connectivity index (χ0) is 7.61. The van der Waals surface area contributed by atoms with Crippen LogP contribution in [-0.4, -0.2) is 18.5 Å². The molecule has 1 atom stereocenters. The van der Waals surface area contributed by atoms with Gasteiger partial charge in [-0.25, -0.2) is 0 Å². The summed E-state index contributed by atoms with van der Waals surface area (Å²) in [6.07, 6.45) is 3.75. The number of carbonyl (C=O) groups excluding carboxylic acids is 1. The summed E-state index contributed by atoms with van der Waals surface area (Å²) in [6.45, 7) is 1.88. The molecule has 0 aromatic rings. The standard InChI is InChI=1S/C8H14O2/c1-8(10-2)6-4-3-5-7(8)9/h3-6H2,1-2H3. The highest BCUT2D eigenvalue weighted by molar-refractivity contribution is 5.87. The fourth-order valence-corrected chi connectivity index (χ4v) is 1.37. The summed E-state index contributed by atoms with van der Waals surface area (Å²) in [7, 11) is 1.61. The molecule has 1 saturated carbocycles. The maximum Gasteiger partial charge on any atom is 0.164 e. The van der Waals surface area contributed by atoms with Crippen LogP contribution < -0.4 is 0 Å². The second-order valence-corrected chi connectivity index (χ2v) is 3.07. The van der Waals surface area contributed by atoms with E-state index in [1.54, 1.807) is 7.11 Å². The lowest BCUT2D eigenvalue weighted by Crippen LogP contribution is -2.39. The zero-order valence-electron chi connectivity index (χ0n) is 6.64. The maximum absolute atomic E-state index is 11.2. The molecule has 10 heavy (non-hydrogen) atoms. The summed E-state index contributed by atoms with van der Waals surface area (Å²) in [5.41, 5.74) is -0.460. The average Bonchev–Trinajstić information content (AvgIpc) is 1.96. The largest absolute Gasteiger partial charge is 0.371 e. The van der Waals surface area contributed by atoms with Crippen LogP contribution in [0.4, 0.5) is 0 Å². The summed E-state index contributed by atoms with van der Waals surface area (Å²) >= 11 is 0. The summed E-state index contributed by atoms with van der Waals surface area (Å²) in [5, 5.41) is 0. The lowest BCUT2D eigenvalue weighted by Gasteiger charge is -2.30. The first-order valence-corrected chi connectivity index (χ1v) is 3.77. The minimum Gasteiger partial charge on any atom is -0.371 e. The van der Waals surface area contributed by atoms with Gasteiger partial charge in [0.05, 0.1) is 0 Å². The number of Topliss-reactive ketones (excluding diaryl/α,β-unsaturated/α-hetero) is 1. The molecule has 1 aliphatic rings. The van der Waals surface area contributed by atoms with Crippen molar-refractivity contribution in [3.05, 3.63) is 0 Å². The predicted octanol–water partition coefficient (Wildman–Crippen LogP) is 1.53. The van der Waals surface area contributed by atoms with Crippen LogP contribution in [-0.2, 0) is 9.53 Å². The highest BCUT2D eigenvalue weighted by Gasteiger charge is 2.34. The van der Waals surface area contributed by atoms with Crippen LogP contribution in [0.15, 0.2) is 0 Å². The summed E-state index contributed by atoms with van der Waals surface area (Å²) in [5.74, 6) is 0.265. The van der Waals surface area contributed by atoms with Crippen molar-refractivity contribution in [2.75, 3.05) is 7.11 Å². The van der Waals surface area contributed by atoms with Crippen molar-refractivity contribution < 1.29 is 9.53 Å². The number of methoxy groups -OCH3 is 1. The SMILES string of the molecule is COC1(C)CCCCC1=O. The van der Waals surface area contributed by atoms with Crippen LogP contribution in [0, 0.1) is 0 Å². The van der Waals surface area contributed by atoms with Gasteiger partial charge in [0.1, 0.15) is 5.60 Å². The van der Waals surface area contributed by atoms with Crippen molar-refractivity contribution in [2.24, 2.45) is 0 Å². The Balaban J connectivity index is 2.63. The van der Waals surface area contributed by atoms with Gasteiger partial charge >= 0.3 is 0 Å².